The van der Waals surface area contributed by atoms with Crippen molar-refractivity contribution in [2.45, 2.75) is 6.61 Å². The van der Waals surface area contributed by atoms with Crippen molar-refractivity contribution in [2.75, 3.05) is 0 Å². The number of esters is 1. The van der Waals surface area contributed by atoms with E-state index in [-0.39, 0.29) is 12.3 Å². The van der Waals surface area contributed by atoms with Gasteiger partial charge in [-0.2, -0.15) is 0 Å². The maximum absolute atomic E-state index is 11.5. The highest BCUT2D eigenvalue weighted by Crippen LogP contribution is 2.05. The third-order valence-corrected chi connectivity index (χ3v) is 2.36. The van der Waals surface area contributed by atoms with E-state index >= 15 is 0 Å². The summed E-state index contributed by atoms with van der Waals surface area (Å²) in [6, 6.07) is 9.51. The molecule has 82 valence electrons. The normalized spacial score (nSPS) is 10.1. The summed E-state index contributed by atoms with van der Waals surface area (Å²) in [7, 11) is 0. The lowest BCUT2D eigenvalue weighted by Gasteiger charge is -2.02. The summed E-state index contributed by atoms with van der Waals surface area (Å²) in [5, 5.41) is 0. The van der Waals surface area contributed by atoms with Gasteiger partial charge in [0.25, 0.3) is 0 Å². The fraction of sp³-hybridized carbons (Fsp3) is 0.0909. The van der Waals surface area contributed by atoms with Crippen LogP contribution in [0.2, 0.25) is 0 Å². The third kappa shape index (κ3) is 2.70. The van der Waals surface area contributed by atoms with Gasteiger partial charge in [-0.1, -0.05) is 30.3 Å². The molecular formula is C11H9BrN2O2. The van der Waals surface area contributed by atoms with Crippen LogP contribution in [0.5, 0.6) is 0 Å². The van der Waals surface area contributed by atoms with E-state index in [9.17, 15) is 4.79 Å². The average Bonchev–Trinajstić information content (AvgIpc) is 2.74. The van der Waals surface area contributed by atoms with Crippen molar-refractivity contribution in [1.29, 1.82) is 0 Å². The molecule has 0 amide bonds. The first-order valence-corrected chi connectivity index (χ1v) is 5.38. The van der Waals surface area contributed by atoms with Crippen LogP contribution in [-0.4, -0.2) is 14.5 Å². The van der Waals surface area contributed by atoms with Crippen molar-refractivity contribution in [3.05, 3.63) is 54.1 Å². The second-order valence-electron chi connectivity index (χ2n) is 3.16. The molecule has 0 saturated heterocycles. The maximum atomic E-state index is 11.5. The predicted octanol–water partition coefficient (Wildman–Crippen LogP) is 2.40. The van der Waals surface area contributed by atoms with Crippen molar-refractivity contribution >= 4 is 22.1 Å². The van der Waals surface area contributed by atoms with Crippen LogP contribution in [0.3, 0.4) is 0 Å². The van der Waals surface area contributed by atoms with E-state index in [0.29, 0.717) is 0 Å². The van der Waals surface area contributed by atoms with Gasteiger partial charge < -0.3 is 4.74 Å². The van der Waals surface area contributed by atoms with Gasteiger partial charge in [-0.15, -0.1) is 0 Å². The number of hydrogen-bond acceptors (Lipinski definition) is 3. The van der Waals surface area contributed by atoms with Crippen LogP contribution in [0.1, 0.15) is 16.1 Å². The summed E-state index contributed by atoms with van der Waals surface area (Å²) in [5.41, 5.74) is 1.24. The smallest absolute Gasteiger partial charge is 0.358 e. The van der Waals surface area contributed by atoms with Crippen molar-refractivity contribution < 1.29 is 9.53 Å². The van der Waals surface area contributed by atoms with Crippen LogP contribution in [0.25, 0.3) is 0 Å². The van der Waals surface area contributed by atoms with E-state index in [1.54, 1.807) is 6.20 Å². The van der Waals surface area contributed by atoms with Crippen molar-refractivity contribution in [3.8, 4) is 0 Å². The van der Waals surface area contributed by atoms with Crippen LogP contribution in [0.15, 0.2) is 42.9 Å². The van der Waals surface area contributed by atoms with Gasteiger partial charge in [0, 0.05) is 0 Å². The monoisotopic (exact) mass is 280 g/mol. The minimum Gasteiger partial charge on any atom is -0.456 e. The first-order valence-electron chi connectivity index (χ1n) is 4.67. The molecule has 4 nitrogen and oxygen atoms in total. The zero-order chi connectivity index (χ0) is 11.4. The summed E-state index contributed by atoms with van der Waals surface area (Å²) in [6.45, 7) is 0.259. The minimum absolute atomic E-state index is 0.259. The Labute approximate surface area is 101 Å². The fourth-order valence-corrected chi connectivity index (χ4v) is 1.49. The molecule has 0 spiro atoms. The van der Waals surface area contributed by atoms with Crippen molar-refractivity contribution in [3.63, 3.8) is 0 Å². The Bertz CT molecular complexity index is 482. The molecule has 0 atom stereocenters. The summed E-state index contributed by atoms with van der Waals surface area (Å²) >= 11 is 3.14. The van der Waals surface area contributed by atoms with Gasteiger partial charge in [-0.3, -0.25) is 3.59 Å². The van der Waals surface area contributed by atoms with Crippen LogP contribution in [0, 0.1) is 0 Å². The van der Waals surface area contributed by atoms with Gasteiger partial charge in [-0.25, -0.2) is 9.78 Å². The number of hydrogen-bond donors (Lipinski definition) is 0. The molecule has 1 heterocycles. The molecule has 1 aromatic heterocycles. The Morgan fingerprint density at radius 2 is 2.12 bits per heavy atom. The second-order valence-corrected chi connectivity index (χ2v) is 3.98. The zero-order valence-corrected chi connectivity index (χ0v) is 9.92. The standard InChI is InChI=1S/C11H9BrN2O2/c12-14-6-10(13-8-14)11(15)16-7-9-4-2-1-3-5-9/h1-6,8H,7H2. The molecule has 0 saturated carbocycles. The number of rotatable bonds is 3. The Kier molecular flexibility index (Phi) is 3.36. The zero-order valence-electron chi connectivity index (χ0n) is 8.34. The molecule has 1 aromatic carbocycles. The van der Waals surface area contributed by atoms with Gasteiger partial charge in [0.2, 0.25) is 0 Å². The van der Waals surface area contributed by atoms with Gasteiger partial charge in [0.15, 0.2) is 5.69 Å². The average molecular weight is 281 g/mol. The van der Waals surface area contributed by atoms with Crippen LogP contribution >= 0.6 is 16.1 Å². The van der Waals surface area contributed by atoms with Gasteiger partial charge in [0.1, 0.15) is 12.9 Å². The molecular weight excluding hydrogens is 272 g/mol. The number of carbonyl (C=O) groups is 1. The molecule has 0 N–H and O–H groups in total. The quantitative estimate of drug-likeness (QED) is 0.811. The summed E-state index contributed by atoms with van der Waals surface area (Å²) in [5.74, 6) is -0.429. The minimum atomic E-state index is -0.429. The summed E-state index contributed by atoms with van der Waals surface area (Å²) in [6.07, 6.45) is 3.03. The van der Waals surface area contributed by atoms with Gasteiger partial charge in [0.05, 0.1) is 22.3 Å². The molecule has 2 rings (SSSR count). The first kappa shape index (κ1) is 10.9. The van der Waals surface area contributed by atoms with E-state index in [0.717, 1.165) is 5.56 Å². The Morgan fingerprint density at radius 3 is 2.75 bits per heavy atom. The molecule has 0 aliphatic heterocycles. The lowest BCUT2D eigenvalue weighted by Crippen LogP contribution is -2.05. The molecule has 0 aliphatic carbocycles. The number of halogens is 1. The van der Waals surface area contributed by atoms with Crippen molar-refractivity contribution in [2.24, 2.45) is 0 Å². The van der Waals surface area contributed by atoms with Crippen LogP contribution < -0.4 is 0 Å². The molecule has 0 unspecified atom stereocenters. The van der Waals surface area contributed by atoms with Gasteiger partial charge in [-0.05, 0) is 5.56 Å². The lowest BCUT2D eigenvalue weighted by atomic mass is 10.2. The molecule has 0 aliphatic rings. The van der Waals surface area contributed by atoms with Crippen LogP contribution in [-0.2, 0) is 11.3 Å². The highest BCUT2D eigenvalue weighted by atomic mass is 79.9. The molecule has 5 heteroatoms. The number of ether oxygens (including phenoxy) is 1. The predicted molar refractivity (Wildman–Crippen MR) is 62.1 cm³/mol. The number of aromatic nitrogens is 2. The Hall–Kier alpha value is -1.62. The Balaban J connectivity index is 1.94. The number of nitrogens with zero attached hydrogens (tertiary/aromatic N) is 2. The molecule has 2 aromatic rings. The van der Waals surface area contributed by atoms with E-state index in [4.69, 9.17) is 4.74 Å². The number of imidazole rings is 1. The fourth-order valence-electron chi connectivity index (χ4n) is 1.20. The molecule has 16 heavy (non-hydrogen) atoms. The first-order chi connectivity index (χ1) is 7.75. The SMILES string of the molecule is O=C(OCc1ccccc1)c1cn(Br)cn1. The topological polar surface area (TPSA) is 44.1 Å². The maximum Gasteiger partial charge on any atom is 0.358 e. The van der Waals surface area contributed by atoms with E-state index < -0.39 is 5.97 Å². The Morgan fingerprint density at radius 1 is 1.38 bits per heavy atom. The summed E-state index contributed by atoms with van der Waals surface area (Å²) < 4.78 is 6.61. The molecule has 0 radical (unpaired) electrons. The second kappa shape index (κ2) is 4.94. The number of carbonyl (C=O) groups excluding carboxylic acids is 1. The highest BCUT2D eigenvalue weighted by Gasteiger charge is 2.10. The summed E-state index contributed by atoms with van der Waals surface area (Å²) in [4.78, 5) is 15.4. The van der Waals surface area contributed by atoms with Crippen LogP contribution in [0.4, 0.5) is 0 Å². The van der Waals surface area contributed by atoms with Gasteiger partial charge >= 0.3 is 5.97 Å². The lowest BCUT2D eigenvalue weighted by molar-refractivity contribution is 0.0466. The third-order valence-electron chi connectivity index (χ3n) is 1.97. The van der Waals surface area contributed by atoms with E-state index in [1.807, 2.05) is 30.3 Å². The molecule has 0 fully saturated rings. The number of benzene rings is 1. The molecule has 0 bridgehead atoms. The van der Waals surface area contributed by atoms with Crippen molar-refractivity contribution in [1.82, 2.24) is 8.58 Å². The van der Waals surface area contributed by atoms with E-state index in [1.165, 1.54) is 9.92 Å². The largest absolute Gasteiger partial charge is 0.456 e. The highest BCUT2D eigenvalue weighted by molar-refractivity contribution is 9.08. The van der Waals surface area contributed by atoms with E-state index in [2.05, 4.69) is 21.1 Å².